The Morgan fingerprint density at radius 3 is 2.30 bits per heavy atom. The van der Waals surface area contributed by atoms with E-state index in [1.165, 1.54) is 6.07 Å². The first-order valence-corrected chi connectivity index (χ1v) is 7.13. The molecule has 23 heavy (non-hydrogen) atoms. The molecule has 0 fully saturated rings. The molecule has 1 N–H and O–H groups in total. The summed E-state index contributed by atoms with van der Waals surface area (Å²) in [6.45, 7) is -0.210. The zero-order valence-electron chi connectivity index (χ0n) is 12.2. The van der Waals surface area contributed by atoms with Gasteiger partial charge in [0.2, 0.25) is 5.78 Å². The highest BCUT2D eigenvalue weighted by molar-refractivity contribution is 6.08. The zero-order chi connectivity index (χ0) is 16.2. The first-order valence-electron chi connectivity index (χ1n) is 7.13. The number of carboxylic acid groups (broad SMARTS) is 1. The van der Waals surface area contributed by atoms with Crippen molar-refractivity contribution in [3.05, 3.63) is 77.9 Å². The Hall–Kier alpha value is -3.14. The number of aromatic carboxylic acids is 1. The summed E-state index contributed by atoms with van der Waals surface area (Å²) in [5.74, 6) is -1.09. The van der Waals surface area contributed by atoms with Gasteiger partial charge in [0.25, 0.3) is 0 Å². The van der Waals surface area contributed by atoms with Crippen LogP contribution < -0.4 is 4.74 Å². The maximum absolute atomic E-state index is 12.4. The molecule has 0 saturated heterocycles. The van der Waals surface area contributed by atoms with E-state index in [2.05, 4.69) is 0 Å². The molecule has 3 aromatic rings. The van der Waals surface area contributed by atoms with Crippen LogP contribution in [0, 0.1) is 0 Å². The van der Waals surface area contributed by atoms with Crippen LogP contribution in [0.3, 0.4) is 0 Å². The van der Waals surface area contributed by atoms with Gasteiger partial charge in [0.15, 0.2) is 6.61 Å². The predicted molar refractivity (Wildman–Crippen MR) is 87.2 cm³/mol. The number of hydrogen-bond donors (Lipinski definition) is 1. The molecule has 4 heteroatoms. The van der Waals surface area contributed by atoms with Crippen LogP contribution in [-0.4, -0.2) is 23.5 Å². The summed E-state index contributed by atoms with van der Waals surface area (Å²) in [5, 5.41) is 11.0. The maximum Gasteiger partial charge on any atom is 0.339 e. The summed E-state index contributed by atoms with van der Waals surface area (Å²) >= 11 is 0. The normalized spacial score (nSPS) is 10.4. The predicted octanol–water partition coefficient (Wildman–Crippen LogP) is 3.80. The van der Waals surface area contributed by atoms with Crippen LogP contribution >= 0.6 is 0 Å². The first-order chi connectivity index (χ1) is 11.2. The highest BCUT2D eigenvalue weighted by Gasteiger charge is 2.14. The largest absolute Gasteiger partial charge is 0.485 e. The van der Waals surface area contributed by atoms with E-state index >= 15 is 0 Å². The van der Waals surface area contributed by atoms with Gasteiger partial charge in [0.05, 0.1) is 0 Å². The zero-order valence-corrected chi connectivity index (χ0v) is 12.2. The number of Topliss-reactive ketones (excluding diaryl/α,β-unsaturated/α-hetero) is 1. The molecule has 114 valence electrons. The number of ketones is 1. The SMILES string of the molecule is O=C(O)c1ccccc1OCC(=O)c1cccc2ccccc12. The molecular formula is C19H14O4. The number of hydrogen-bond acceptors (Lipinski definition) is 3. The molecule has 0 unspecified atom stereocenters. The molecule has 3 aromatic carbocycles. The van der Waals surface area contributed by atoms with Gasteiger partial charge in [0, 0.05) is 5.56 Å². The molecule has 3 rings (SSSR count). The summed E-state index contributed by atoms with van der Waals surface area (Å²) in [7, 11) is 0. The Labute approximate surface area is 132 Å². The molecule has 0 aliphatic carbocycles. The number of carbonyl (C=O) groups is 2. The lowest BCUT2D eigenvalue weighted by molar-refractivity contribution is 0.0689. The van der Waals surface area contributed by atoms with Crippen molar-refractivity contribution in [2.75, 3.05) is 6.61 Å². The van der Waals surface area contributed by atoms with E-state index in [9.17, 15) is 9.59 Å². The molecule has 4 nitrogen and oxygen atoms in total. The minimum absolute atomic E-state index is 0.0400. The lowest BCUT2D eigenvalue weighted by atomic mass is 10.0. The fourth-order valence-electron chi connectivity index (χ4n) is 2.46. The quantitative estimate of drug-likeness (QED) is 0.728. The Kier molecular flexibility index (Phi) is 4.06. The van der Waals surface area contributed by atoms with E-state index in [0.29, 0.717) is 5.56 Å². The van der Waals surface area contributed by atoms with Crippen LogP contribution in [0.2, 0.25) is 0 Å². The number of para-hydroxylation sites is 1. The topological polar surface area (TPSA) is 63.6 Å². The minimum atomic E-state index is -1.08. The van der Waals surface area contributed by atoms with E-state index in [0.717, 1.165) is 10.8 Å². The van der Waals surface area contributed by atoms with E-state index in [1.54, 1.807) is 24.3 Å². The van der Waals surface area contributed by atoms with Crippen molar-refractivity contribution in [1.82, 2.24) is 0 Å². The molecular weight excluding hydrogens is 292 g/mol. The van der Waals surface area contributed by atoms with E-state index in [4.69, 9.17) is 9.84 Å². The summed E-state index contributed by atoms with van der Waals surface area (Å²) in [5.41, 5.74) is 0.606. The molecule has 0 heterocycles. The fraction of sp³-hybridized carbons (Fsp3) is 0.0526. The van der Waals surface area contributed by atoms with Gasteiger partial charge >= 0.3 is 5.97 Å². The highest BCUT2D eigenvalue weighted by atomic mass is 16.5. The summed E-state index contributed by atoms with van der Waals surface area (Å²) in [6, 6.07) is 19.4. The van der Waals surface area contributed by atoms with Crippen molar-refractivity contribution in [3.8, 4) is 5.75 Å². The lowest BCUT2D eigenvalue weighted by Gasteiger charge is -2.09. The molecule has 0 bridgehead atoms. The lowest BCUT2D eigenvalue weighted by Crippen LogP contribution is -2.13. The number of benzene rings is 3. The van der Waals surface area contributed by atoms with Crippen LogP contribution in [-0.2, 0) is 0 Å². The van der Waals surface area contributed by atoms with Gasteiger partial charge in [-0.1, -0.05) is 54.6 Å². The third-order valence-electron chi connectivity index (χ3n) is 3.57. The summed E-state index contributed by atoms with van der Waals surface area (Å²) in [4.78, 5) is 23.6. The van der Waals surface area contributed by atoms with Crippen molar-refractivity contribution >= 4 is 22.5 Å². The Morgan fingerprint density at radius 2 is 1.48 bits per heavy atom. The van der Waals surface area contributed by atoms with E-state index < -0.39 is 5.97 Å². The monoisotopic (exact) mass is 306 g/mol. The Morgan fingerprint density at radius 1 is 0.826 bits per heavy atom. The number of ether oxygens (including phenoxy) is 1. The van der Waals surface area contributed by atoms with Gasteiger partial charge in [-0.25, -0.2) is 4.79 Å². The van der Waals surface area contributed by atoms with Crippen LogP contribution in [0.4, 0.5) is 0 Å². The van der Waals surface area contributed by atoms with Crippen molar-refractivity contribution < 1.29 is 19.4 Å². The van der Waals surface area contributed by atoms with Crippen molar-refractivity contribution in [1.29, 1.82) is 0 Å². The fourth-order valence-corrected chi connectivity index (χ4v) is 2.46. The average Bonchev–Trinajstić information content (AvgIpc) is 2.59. The number of carboxylic acids is 1. The van der Waals surface area contributed by atoms with Crippen LogP contribution in [0.5, 0.6) is 5.75 Å². The third-order valence-corrected chi connectivity index (χ3v) is 3.57. The van der Waals surface area contributed by atoms with Crippen LogP contribution in [0.1, 0.15) is 20.7 Å². The highest BCUT2D eigenvalue weighted by Crippen LogP contribution is 2.21. The first kappa shape index (κ1) is 14.8. The van der Waals surface area contributed by atoms with Gasteiger partial charge in [-0.3, -0.25) is 4.79 Å². The summed E-state index contributed by atoms with van der Waals surface area (Å²) < 4.78 is 5.43. The van der Waals surface area contributed by atoms with Crippen molar-refractivity contribution in [3.63, 3.8) is 0 Å². The van der Waals surface area contributed by atoms with Gasteiger partial charge in [0.1, 0.15) is 11.3 Å². The maximum atomic E-state index is 12.4. The minimum Gasteiger partial charge on any atom is -0.485 e. The van der Waals surface area contributed by atoms with Gasteiger partial charge in [-0.15, -0.1) is 0 Å². The molecule has 0 amide bonds. The second-order valence-corrected chi connectivity index (χ2v) is 5.04. The second kappa shape index (κ2) is 6.32. The molecule has 0 radical (unpaired) electrons. The van der Waals surface area contributed by atoms with E-state index in [1.807, 2.05) is 36.4 Å². The van der Waals surface area contributed by atoms with Gasteiger partial charge in [-0.05, 0) is 22.9 Å². The number of fused-ring (bicyclic) bond motifs is 1. The molecule has 0 aromatic heterocycles. The van der Waals surface area contributed by atoms with Gasteiger partial charge in [-0.2, -0.15) is 0 Å². The van der Waals surface area contributed by atoms with Crippen molar-refractivity contribution in [2.24, 2.45) is 0 Å². The second-order valence-electron chi connectivity index (χ2n) is 5.04. The molecule has 0 aliphatic rings. The standard InChI is InChI=1S/C19H14O4/c20-17(12-23-18-11-4-3-9-16(18)19(21)22)15-10-5-7-13-6-1-2-8-14(13)15/h1-11H,12H2,(H,21,22). The summed E-state index contributed by atoms with van der Waals surface area (Å²) in [6.07, 6.45) is 0. The molecule has 0 atom stereocenters. The van der Waals surface area contributed by atoms with Crippen LogP contribution in [0.25, 0.3) is 10.8 Å². The van der Waals surface area contributed by atoms with Crippen LogP contribution in [0.15, 0.2) is 66.7 Å². The number of carbonyl (C=O) groups excluding carboxylic acids is 1. The molecule has 0 saturated carbocycles. The van der Waals surface area contributed by atoms with E-state index in [-0.39, 0.29) is 23.7 Å². The Balaban J connectivity index is 1.84. The Bertz CT molecular complexity index is 878. The number of rotatable bonds is 5. The molecule has 0 aliphatic heterocycles. The van der Waals surface area contributed by atoms with Gasteiger partial charge < -0.3 is 9.84 Å². The molecule has 0 spiro atoms. The smallest absolute Gasteiger partial charge is 0.339 e. The third kappa shape index (κ3) is 3.06. The average molecular weight is 306 g/mol. The van der Waals surface area contributed by atoms with Crippen molar-refractivity contribution in [2.45, 2.75) is 0 Å².